The number of amides is 2. The summed E-state index contributed by atoms with van der Waals surface area (Å²) >= 11 is 1.55. The molecule has 2 rings (SSSR count). The Bertz CT molecular complexity index is 782. The molecule has 1 fully saturated rings. The maximum absolute atomic E-state index is 13.3. The summed E-state index contributed by atoms with van der Waals surface area (Å²) in [5, 5.41) is 0. The Kier molecular flexibility index (Phi) is 6.10. The molecule has 1 aliphatic carbocycles. The third kappa shape index (κ3) is 4.05. The van der Waals surface area contributed by atoms with Crippen molar-refractivity contribution in [1.29, 1.82) is 0 Å². The number of carbonyl (C=O) groups is 2. The van der Waals surface area contributed by atoms with Crippen LogP contribution in [-0.4, -0.2) is 15.8 Å². The second kappa shape index (κ2) is 7.53. The molecule has 5 nitrogen and oxygen atoms in total. The molecule has 1 aromatic heterocycles. The summed E-state index contributed by atoms with van der Waals surface area (Å²) in [6.45, 7) is 14.5. The number of unbranched alkanes of at least 4 members (excludes halogenated alkanes) is 1. The largest absolute Gasteiger partial charge is 0.369 e. The lowest BCUT2D eigenvalue weighted by Crippen LogP contribution is -2.44. The van der Waals surface area contributed by atoms with Gasteiger partial charge in [-0.15, -0.1) is 0 Å². The summed E-state index contributed by atoms with van der Waals surface area (Å²) < 4.78 is 2.99. The van der Waals surface area contributed by atoms with Crippen LogP contribution in [0.4, 0.5) is 0 Å². The van der Waals surface area contributed by atoms with Crippen molar-refractivity contribution < 1.29 is 9.59 Å². The summed E-state index contributed by atoms with van der Waals surface area (Å²) in [4.78, 5) is 29.7. The predicted molar refractivity (Wildman–Crippen MR) is 110 cm³/mol. The van der Waals surface area contributed by atoms with Crippen LogP contribution in [0.25, 0.3) is 0 Å². The standard InChI is InChI=1S/C21H35N3O2S/c1-8-9-10-14-13-24(19(2,3)4)27-17(14)23-18(26)21(7)12-11-15(16(22)25)20(21,5)6/h13,15H,8-12H2,1-7H3,(H2,22,25). The van der Waals surface area contributed by atoms with Crippen molar-refractivity contribution in [3.63, 3.8) is 0 Å². The Morgan fingerprint density at radius 3 is 2.44 bits per heavy atom. The maximum atomic E-state index is 13.3. The number of rotatable bonds is 5. The van der Waals surface area contributed by atoms with Crippen molar-refractivity contribution in [2.45, 2.75) is 86.1 Å². The summed E-state index contributed by atoms with van der Waals surface area (Å²) in [6, 6.07) is 0. The Balaban J connectivity index is 2.47. The first-order chi connectivity index (χ1) is 12.3. The van der Waals surface area contributed by atoms with Gasteiger partial charge in [-0.25, -0.2) is 4.99 Å². The molecule has 0 radical (unpaired) electrons. The molecule has 1 aliphatic rings. The summed E-state index contributed by atoms with van der Waals surface area (Å²) in [6.07, 6.45) is 6.53. The molecule has 6 heteroatoms. The van der Waals surface area contributed by atoms with Gasteiger partial charge in [-0.2, -0.15) is 0 Å². The minimum atomic E-state index is -0.675. The van der Waals surface area contributed by atoms with Gasteiger partial charge in [0, 0.05) is 23.2 Å². The Hall–Kier alpha value is -1.43. The molecule has 0 spiro atoms. The fourth-order valence-electron chi connectivity index (χ4n) is 3.93. The predicted octanol–water partition coefficient (Wildman–Crippen LogP) is 4.00. The van der Waals surface area contributed by atoms with E-state index in [0.29, 0.717) is 12.8 Å². The average molecular weight is 394 g/mol. The first-order valence-electron chi connectivity index (χ1n) is 9.95. The lowest BCUT2D eigenvalue weighted by molar-refractivity contribution is -0.135. The van der Waals surface area contributed by atoms with Crippen LogP contribution in [-0.2, 0) is 21.5 Å². The van der Waals surface area contributed by atoms with E-state index < -0.39 is 10.8 Å². The lowest BCUT2D eigenvalue weighted by atomic mass is 9.65. The number of carbonyl (C=O) groups excluding carboxylic acids is 2. The first kappa shape index (κ1) is 21.9. The number of nitrogens with zero attached hydrogens (tertiary/aromatic N) is 2. The van der Waals surface area contributed by atoms with E-state index in [-0.39, 0.29) is 23.3 Å². The fraction of sp³-hybridized carbons (Fsp3) is 0.762. The van der Waals surface area contributed by atoms with Crippen molar-refractivity contribution in [3.05, 3.63) is 16.4 Å². The number of hydrogen-bond acceptors (Lipinski definition) is 3. The van der Waals surface area contributed by atoms with Crippen molar-refractivity contribution in [3.8, 4) is 0 Å². The van der Waals surface area contributed by atoms with Crippen LogP contribution >= 0.6 is 11.5 Å². The Morgan fingerprint density at radius 1 is 1.33 bits per heavy atom. The first-order valence-corrected chi connectivity index (χ1v) is 10.7. The Morgan fingerprint density at radius 2 is 1.96 bits per heavy atom. The molecule has 2 N–H and O–H groups in total. The monoisotopic (exact) mass is 393 g/mol. The van der Waals surface area contributed by atoms with Gasteiger partial charge in [0.2, 0.25) is 5.91 Å². The van der Waals surface area contributed by atoms with Gasteiger partial charge < -0.3 is 5.73 Å². The molecule has 2 atom stereocenters. The van der Waals surface area contributed by atoms with Gasteiger partial charge in [-0.05, 0) is 63.4 Å². The SMILES string of the molecule is CCCCc1cn(C(C)(C)C)sc1=NC(=O)C1(C)CCC(C(N)=O)C1(C)C. The number of hydrogen-bond donors (Lipinski definition) is 1. The highest BCUT2D eigenvalue weighted by Crippen LogP contribution is 2.56. The zero-order chi connectivity index (χ0) is 20.6. The molecule has 2 unspecified atom stereocenters. The van der Waals surface area contributed by atoms with Crippen LogP contribution in [0.3, 0.4) is 0 Å². The minimum Gasteiger partial charge on any atom is -0.369 e. The van der Waals surface area contributed by atoms with Crippen molar-refractivity contribution in [2.24, 2.45) is 27.5 Å². The quantitative estimate of drug-likeness (QED) is 0.820. The smallest absolute Gasteiger partial charge is 0.253 e. The van der Waals surface area contributed by atoms with Gasteiger partial charge in [0.25, 0.3) is 5.91 Å². The molecule has 1 aromatic rings. The van der Waals surface area contributed by atoms with Crippen molar-refractivity contribution in [2.75, 3.05) is 0 Å². The van der Waals surface area contributed by atoms with Crippen LogP contribution < -0.4 is 10.4 Å². The second-order valence-corrected chi connectivity index (χ2v) is 10.6. The van der Waals surface area contributed by atoms with E-state index in [0.717, 1.165) is 29.5 Å². The van der Waals surface area contributed by atoms with Gasteiger partial charge in [0.15, 0.2) is 0 Å². The van der Waals surface area contributed by atoms with Crippen LogP contribution in [0.15, 0.2) is 11.2 Å². The topological polar surface area (TPSA) is 77.4 Å². The van der Waals surface area contributed by atoms with E-state index in [1.807, 2.05) is 20.8 Å². The summed E-state index contributed by atoms with van der Waals surface area (Å²) in [5.41, 5.74) is 5.51. The second-order valence-electron chi connectivity index (χ2n) is 9.62. The minimum absolute atomic E-state index is 0.0456. The van der Waals surface area contributed by atoms with E-state index >= 15 is 0 Å². The number of aromatic nitrogens is 1. The van der Waals surface area contributed by atoms with Gasteiger partial charge in [-0.1, -0.05) is 34.1 Å². The molecule has 1 heterocycles. The van der Waals surface area contributed by atoms with Crippen LogP contribution in [0, 0.1) is 16.7 Å². The van der Waals surface area contributed by atoms with Gasteiger partial charge in [0.1, 0.15) is 4.67 Å². The van der Waals surface area contributed by atoms with Crippen molar-refractivity contribution >= 4 is 23.3 Å². The van der Waals surface area contributed by atoms with E-state index in [1.54, 1.807) is 11.5 Å². The zero-order valence-electron chi connectivity index (χ0n) is 17.9. The molecule has 152 valence electrons. The van der Waals surface area contributed by atoms with E-state index in [4.69, 9.17) is 5.73 Å². The highest BCUT2D eigenvalue weighted by Gasteiger charge is 2.57. The van der Waals surface area contributed by atoms with Gasteiger partial charge >= 0.3 is 0 Å². The molecular formula is C21H35N3O2S. The lowest BCUT2D eigenvalue weighted by Gasteiger charge is -2.38. The van der Waals surface area contributed by atoms with E-state index in [1.165, 1.54) is 0 Å². The molecule has 27 heavy (non-hydrogen) atoms. The molecule has 0 aliphatic heterocycles. The van der Waals surface area contributed by atoms with E-state index in [9.17, 15) is 9.59 Å². The number of primary amides is 1. The highest BCUT2D eigenvalue weighted by molar-refractivity contribution is 7.04. The average Bonchev–Trinajstić information content (AvgIpc) is 3.05. The molecule has 0 aromatic carbocycles. The Labute approximate surface area is 167 Å². The third-order valence-electron chi connectivity index (χ3n) is 6.44. The van der Waals surface area contributed by atoms with E-state index in [2.05, 4.69) is 42.8 Å². The van der Waals surface area contributed by atoms with Crippen LogP contribution in [0.5, 0.6) is 0 Å². The normalized spacial score (nSPS) is 25.7. The summed E-state index contributed by atoms with van der Waals surface area (Å²) in [7, 11) is 0. The van der Waals surface area contributed by atoms with Crippen molar-refractivity contribution in [1.82, 2.24) is 3.96 Å². The molecule has 1 saturated carbocycles. The summed E-state index contributed by atoms with van der Waals surface area (Å²) in [5.74, 6) is -0.733. The molecule has 0 bridgehead atoms. The third-order valence-corrected chi connectivity index (χ3v) is 7.81. The van der Waals surface area contributed by atoms with Gasteiger partial charge in [-0.3, -0.25) is 13.5 Å². The number of nitrogens with two attached hydrogens (primary N) is 1. The number of aryl methyl sites for hydroxylation is 1. The van der Waals surface area contributed by atoms with Crippen LogP contribution in [0.1, 0.15) is 79.7 Å². The van der Waals surface area contributed by atoms with Crippen LogP contribution in [0.2, 0.25) is 0 Å². The zero-order valence-corrected chi connectivity index (χ0v) is 18.7. The van der Waals surface area contributed by atoms with Gasteiger partial charge in [0.05, 0.1) is 5.41 Å². The maximum Gasteiger partial charge on any atom is 0.253 e. The molecule has 2 amide bonds. The molecular weight excluding hydrogens is 358 g/mol. The highest BCUT2D eigenvalue weighted by atomic mass is 32.1. The molecule has 0 saturated heterocycles. The fourth-order valence-corrected chi connectivity index (χ4v) is 4.97.